The Bertz CT molecular complexity index is 1460. The Kier molecular flexibility index (Phi) is 8.11. The zero-order valence-corrected chi connectivity index (χ0v) is 22.4. The first-order valence-electron chi connectivity index (χ1n) is 14.0. The number of amides is 1. The molecule has 6 rings (SSSR count). The van der Waals surface area contributed by atoms with E-state index in [4.69, 9.17) is 9.47 Å². The Morgan fingerprint density at radius 2 is 1.73 bits per heavy atom. The Balaban J connectivity index is 1.21. The maximum atomic E-state index is 13.0. The number of nitrogens with zero attached hydrogens (tertiary/aromatic N) is 3. The molecule has 2 aliphatic heterocycles. The number of benzene rings is 3. The first-order valence-corrected chi connectivity index (χ1v) is 14.0. The van der Waals surface area contributed by atoms with E-state index in [0.717, 1.165) is 48.3 Å². The molecule has 0 radical (unpaired) electrons. The summed E-state index contributed by atoms with van der Waals surface area (Å²) in [5, 5.41) is 12.4. The lowest BCUT2D eigenvalue weighted by molar-refractivity contribution is -0.253. The normalized spacial score (nSPS) is 21.8. The van der Waals surface area contributed by atoms with Crippen LogP contribution in [0.3, 0.4) is 0 Å². The summed E-state index contributed by atoms with van der Waals surface area (Å²) in [6.07, 6.45) is 5.26. The van der Waals surface area contributed by atoms with Gasteiger partial charge in [0.05, 0.1) is 36.0 Å². The molecule has 1 aromatic heterocycles. The second-order valence-electron chi connectivity index (χ2n) is 10.5. The minimum Gasteiger partial charge on any atom is -0.392 e. The van der Waals surface area contributed by atoms with Crippen LogP contribution in [0.4, 0.5) is 5.69 Å². The fraction of sp³-hybridized carbons (Fsp3) is 0.344. The van der Waals surface area contributed by atoms with Crippen molar-refractivity contribution >= 4 is 22.6 Å². The Labute approximate surface area is 234 Å². The zero-order valence-electron chi connectivity index (χ0n) is 22.4. The van der Waals surface area contributed by atoms with E-state index >= 15 is 0 Å². The highest BCUT2D eigenvalue weighted by Gasteiger charge is 2.33. The van der Waals surface area contributed by atoms with Crippen LogP contribution in [0.2, 0.25) is 0 Å². The number of carbonyl (C=O) groups excluding carboxylic acids is 1. The van der Waals surface area contributed by atoms with Crippen LogP contribution in [-0.4, -0.2) is 51.6 Å². The molecule has 206 valence electrons. The van der Waals surface area contributed by atoms with Crippen molar-refractivity contribution in [2.24, 2.45) is 0 Å². The number of anilines is 1. The third-order valence-corrected chi connectivity index (χ3v) is 7.62. The van der Waals surface area contributed by atoms with Crippen LogP contribution < -0.4 is 5.32 Å². The van der Waals surface area contributed by atoms with Crippen LogP contribution in [0.15, 0.2) is 79.0 Å². The van der Waals surface area contributed by atoms with Crippen molar-refractivity contribution < 1.29 is 19.4 Å². The molecule has 2 aliphatic rings. The van der Waals surface area contributed by atoms with E-state index in [-0.39, 0.29) is 30.4 Å². The Morgan fingerprint density at radius 3 is 2.52 bits per heavy atom. The van der Waals surface area contributed by atoms with Gasteiger partial charge in [-0.25, -0.2) is 4.98 Å². The molecule has 1 amide bonds. The van der Waals surface area contributed by atoms with Gasteiger partial charge in [-0.15, -0.1) is 0 Å². The van der Waals surface area contributed by atoms with Gasteiger partial charge in [0.25, 0.3) is 5.91 Å². The number of piperidine rings is 1. The van der Waals surface area contributed by atoms with Gasteiger partial charge in [0, 0.05) is 24.2 Å². The number of hydrogen-bond acceptors (Lipinski definition) is 7. The van der Waals surface area contributed by atoms with E-state index in [1.54, 1.807) is 0 Å². The molecular formula is C32H34N4O4. The van der Waals surface area contributed by atoms with Crippen molar-refractivity contribution in [1.29, 1.82) is 0 Å². The molecule has 4 aromatic rings. The molecule has 2 fully saturated rings. The van der Waals surface area contributed by atoms with E-state index in [9.17, 15) is 9.90 Å². The number of aromatic nitrogens is 2. The zero-order chi connectivity index (χ0) is 27.3. The molecule has 0 spiro atoms. The lowest BCUT2D eigenvalue weighted by atomic mass is 9.99. The molecule has 8 heteroatoms. The summed E-state index contributed by atoms with van der Waals surface area (Å²) < 4.78 is 13.0. The van der Waals surface area contributed by atoms with Gasteiger partial charge in [0.2, 0.25) is 0 Å². The molecule has 40 heavy (non-hydrogen) atoms. The van der Waals surface area contributed by atoms with E-state index < -0.39 is 6.29 Å². The maximum Gasteiger partial charge on any atom is 0.275 e. The minimum atomic E-state index is -0.580. The molecule has 0 unspecified atom stereocenters. The van der Waals surface area contributed by atoms with Gasteiger partial charge in [0.1, 0.15) is 5.69 Å². The maximum absolute atomic E-state index is 13.0. The summed E-state index contributed by atoms with van der Waals surface area (Å²) in [4.78, 5) is 24.3. The molecule has 3 aromatic carbocycles. The fourth-order valence-electron chi connectivity index (χ4n) is 5.49. The summed E-state index contributed by atoms with van der Waals surface area (Å²) in [5.41, 5.74) is 5.07. The van der Waals surface area contributed by atoms with Crippen LogP contribution in [0.1, 0.15) is 65.3 Å². The van der Waals surface area contributed by atoms with Crippen molar-refractivity contribution in [1.82, 2.24) is 14.9 Å². The summed E-state index contributed by atoms with van der Waals surface area (Å²) >= 11 is 0. The molecular weight excluding hydrogens is 504 g/mol. The highest BCUT2D eigenvalue weighted by atomic mass is 16.7. The van der Waals surface area contributed by atoms with Gasteiger partial charge < -0.3 is 24.8 Å². The molecule has 0 aliphatic carbocycles. The van der Waals surface area contributed by atoms with Crippen molar-refractivity contribution in [2.45, 2.75) is 50.8 Å². The van der Waals surface area contributed by atoms with Crippen molar-refractivity contribution in [3.63, 3.8) is 0 Å². The number of ether oxygens (including phenoxy) is 2. The SMILES string of the molecule is O=C(Nc1cccc([C@@H]2O[C@H](CN3CCCCC3)C[C@H](c3ccc(CO)cc3)O2)c1)c1cnc2ccccc2n1. The third-order valence-electron chi connectivity index (χ3n) is 7.62. The summed E-state index contributed by atoms with van der Waals surface area (Å²) in [5.74, 6) is -0.328. The van der Waals surface area contributed by atoms with Crippen LogP contribution >= 0.6 is 0 Å². The van der Waals surface area contributed by atoms with Gasteiger partial charge in [-0.2, -0.15) is 0 Å². The third kappa shape index (κ3) is 6.21. The van der Waals surface area contributed by atoms with Gasteiger partial charge >= 0.3 is 0 Å². The van der Waals surface area contributed by atoms with E-state index in [1.165, 1.54) is 25.5 Å². The molecule has 3 atom stereocenters. The number of aliphatic hydroxyl groups excluding tert-OH is 1. The number of likely N-dealkylation sites (tertiary alicyclic amines) is 1. The number of hydrogen-bond donors (Lipinski definition) is 2. The largest absolute Gasteiger partial charge is 0.392 e. The number of fused-ring (bicyclic) bond motifs is 1. The van der Waals surface area contributed by atoms with Gasteiger partial charge in [0.15, 0.2) is 6.29 Å². The highest BCUT2D eigenvalue weighted by Crippen LogP contribution is 2.39. The summed E-state index contributed by atoms with van der Waals surface area (Å²) in [6, 6.07) is 23.0. The minimum absolute atomic E-state index is 0.00508. The standard InChI is InChI=1S/C32H34N4O4/c37-21-22-11-13-23(14-12-22)30-18-26(20-36-15-4-1-5-16-36)39-32(40-30)24-7-6-8-25(17-24)34-31(38)29-19-33-27-9-2-3-10-28(27)35-29/h2-3,6-14,17,19,26,30,32,37H,1,4-5,15-16,18,20-21H2,(H,34,38)/t26-,30+,32+/m0/s1. The first-order chi connectivity index (χ1) is 19.6. The lowest BCUT2D eigenvalue weighted by Crippen LogP contribution is -2.41. The second kappa shape index (κ2) is 12.2. The predicted molar refractivity (Wildman–Crippen MR) is 153 cm³/mol. The van der Waals surface area contributed by atoms with Crippen molar-refractivity contribution in [2.75, 3.05) is 25.0 Å². The lowest BCUT2D eigenvalue weighted by Gasteiger charge is -2.39. The van der Waals surface area contributed by atoms with Crippen molar-refractivity contribution in [3.8, 4) is 0 Å². The van der Waals surface area contributed by atoms with Crippen LogP contribution in [0.25, 0.3) is 11.0 Å². The monoisotopic (exact) mass is 538 g/mol. The number of rotatable bonds is 7. The first kappa shape index (κ1) is 26.5. The quantitative estimate of drug-likeness (QED) is 0.325. The topological polar surface area (TPSA) is 96.8 Å². The second-order valence-corrected chi connectivity index (χ2v) is 10.5. The van der Waals surface area contributed by atoms with Gasteiger partial charge in [-0.1, -0.05) is 55.0 Å². The summed E-state index contributed by atoms with van der Waals surface area (Å²) in [6.45, 7) is 3.07. The van der Waals surface area contributed by atoms with Crippen molar-refractivity contribution in [3.05, 3.63) is 101 Å². The average Bonchev–Trinajstić information content (AvgIpc) is 3.01. The molecule has 0 saturated carbocycles. The molecule has 0 bridgehead atoms. The molecule has 8 nitrogen and oxygen atoms in total. The van der Waals surface area contributed by atoms with Gasteiger partial charge in [-0.05, 0) is 61.3 Å². The number of carbonyl (C=O) groups is 1. The number of aliphatic hydroxyl groups is 1. The Morgan fingerprint density at radius 1 is 0.925 bits per heavy atom. The predicted octanol–water partition coefficient (Wildman–Crippen LogP) is 5.41. The van der Waals surface area contributed by atoms with Gasteiger partial charge in [-0.3, -0.25) is 9.78 Å². The molecule has 3 heterocycles. The van der Waals surface area contributed by atoms with Crippen LogP contribution in [-0.2, 0) is 16.1 Å². The van der Waals surface area contributed by atoms with Crippen LogP contribution in [0, 0.1) is 0 Å². The van der Waals surface area contributed by atoms with Crippen LogP contribution in [0.5, 0.6) is 0 Å². The Hall–Kier alpha value is -3.69. The van der Waals surface area contributed by atoms with E-state index in [0.29, 0.717) is 11.2 Å². The smallest absolute Gasteiger partial charge is 0.275 e. The fourth-order valence-corrected chi connectivity index (χ4v) is 5.49. The molecule has 2 saturated heterocycles. The van der Waals surface area contributed by atoms with E-state index in [2.05, 4.69) is 20.2 Å². The summed E-state index contributed by atoms with van der Waals surface area (Å²) in [7, 11) is 0. The number of para-hydroxylation sites is 2. The van der Waals surface area contributed by atoms with E-state index in [1.807, 2.05) is 72.8 Å². The average molecular weight is 539 g/mol. The highest BCUT2D eigenvalue weighted by molar-refractivity contribution is 6.03. The molecule has 2 N–H and O–H groups in total. The number of nitrogens with one attached hydrogen (secondary N) is 1.